The number of nitrogens with zero attached hydrogens (tertiary/aromatic N) is 2. The molecule has 6 heteroatoms. The van der Waals surface area contributed by atoms with Gasteiger partial charge in [0, 0.05) is 19.2 Å². The molecule has 1 saturated heterocycles. The highest BCUT2D eigenvalue weighted by molar-refractivity contribution is 5.93. The second kappa shape index (κ2) is 4.47. The molecule has 1 aromatic heterocycles. The van der Waals surface area contributed by atoms with Crippen molar-refractivity contribution in [3.05, 3.63) is 41.8 Å². The Bertz CT molecular complexity index is 620. The summed E-state index contributed by atoms with van der Waals surface area (Å²) >= 11 is 0. The minimum atomic E-state index is -0.470. The fraction of sp³-hybridized carbons (Fsp3) is 0.231. The zero-order valence-electron chi connectivity index (χ0n) is 9.91. The van der Waals surface area contributed by atoms with Crippen LogP contribution in [0.3, 0.4) is 0 Å². The Morgan fingerprint density at radius 1 is 1.42 bits per heavy atom. The highest BCUT2D eigenvalue weighted by atomic mass is 19.1. The number of benzene rings is 1. The lowest BCUT2D eigenvalue weighted by Crippen LogP contribution is -2.53. The lowest BCUT2D eigenvalue weighted by molar-refractivity contribution is 0.00525. The summed E-state index contributed by atoms with van der Waals surface area (Å²) in [6, 6.07) is 7.52. The maximum atomic E-state index is 13.6. The lowest BCUT2D eigenvalue weighted by atomic mass is 10.1. The molecule has 1 N–H and O–H groups in total. The van der Waals surface area contributed by atoms with Gasteiger partial charge in [0.25, 0.3) is 5.91 Å². The quantitative estimate of drug-likeness (QED) is 0.885. The Hall–Kier alpha value is -2.21. The van der Waals surface area contributed by atoms with Crippen LogP contribution in [0.5, 0.6) is 0 Å². The number of aliphatic hydroxyl groups is 1. The van der Waals surface area contributed by atoms with E-state index in [2.05, 4.69) is 5.16 Å². The Balaban J connectivity index is 1.84. The summed E-state index contributed by atoms with van der Waals surface area (Å²) in [4.78, 5) is 13.4. The molecule has 5 nitrogen and oxygen atoms in total. The van der Waals surface area contributed by atoms with E-state index >= 15 is 0 Å². The first kappa shape index (κ1) is 11.9. The van der Waals surface area contributed by atoms with Crippen molar-refractivity contribution in [2.24, 2.45) is 0 Å². The summed E-state index contributed by atoms with van der Waals surface area (Å²) in [6.45, 7) is 0.585. The first-order valence-electron chi connectivity index (χ1n) is 5.84. The molecule has 0 unspecified atom stereocenters. The number of hydrogen-bond donors (Lipinski definition) is 1. The molecule has 0 aliphatic carbocycles. The highest BCUT2D eigenvalue weighted by Crippen LogP contribution is 2.24. The van der Waals surface area contributed by atoms with Crippen molar-refractivity contribution in [2.45, 2.75) is 6.10 Å². The number of aliphatic hydroxyl groups excluding tert-OH is 1. The molecular weight excluding hydrogens is 251 g/mol. The minimum absolute atomic E-state index is 0.116. The van der Waals surface area contributed by atoms with Crippen molar-refractivity contribution in [1.29, 1.82) is 0 Å². The summed E-state index contributed by atoms with van der Waals surface area (Å²) in [6.07, 6.45) is -0.470. The van der Waals surface area contributed by atoms with Gasteiger partial charge in [-0.15, -0.1) is 0 Å². The van der Waals surface area contributed by atoms with Gasteiger partial charge in [-0.1, -0.05) is 17.3 Å². The van der Waals surface area contributed by atoms with E-state index in [9.17, 15) is 9.18 Å². The predicted molar refractivity (Wildman–Crippen MR) is 63.8 cm³/mol. The Morgan fingerprint density at radius 3 is 2.84 bits per heavy atom. The van der Waals surface area contributed by atoms with Crippen molar-refractivity contribution in [1.82, 2.24) is 10.1 Å². The van der Waals surface area contributed by atoms with E-state index in [0.717, 1.165) is 0 Å². The van der Waals surface area contributed by atoms with Gasteiger partial charge in [0.15, 0.2) is 11.5 Å². The molecule has 1 amide bonds. The molecule has 0 saturated carbocycles. The van der Waals surface area contributed by atoms with Gasteiger partial charge >= 0.3 is 0 Å². The van der Waals surface area contributed by atoms with Crippen molar-refractivity contribution in [3.63, 3.8) is 0 Å². The van der Waals surface area contributed by atoms with Crippen LogP contribution in [-0.4, -0.2) is 40.3 Å². The SMILES string of the molecule is O=C(c1cc(-c2ccccc2F)on1)N1CC(O)C1. The van der Waals surface area contributed by atoms with Gasteiger partial charge in [0.1, 0.15) is 5.82 Å². The van der Waals surface area contributed by atoms with Gasteiger partial charge in [-0.2, -0.15) is 0 Å². The van der Waals surface area contributed by atoms with Crippen LogP contribution in [0.15, 0.2) is 34.9 Å². The number of hydrogen-bond acceptors (Lipinski definition) is 4. The van der Waals surface area contributed by atoms with E-state index in [1.54, 1.807) is 18.2 Å². The van der Waals surface area contributed by atoms with E-state index in [4.69, 9.17) is 9.63 Å². The third-order valence-corrected chi connectivity index (χ3v) is 3.02. The molecular formula is C13H11FN2O3. The van der Waals surface area contributed by atoms with Crippen molar-refractivity contribution < 1.29 is 18.8 Å². The number of carbonyl (C=O) groups is 1. The van der Waals surface area contributed by atoms with Crippen LogP contribution < -0.4 is 0 Å². The first-order chi connectivity index (χ1) is 9.15. The number of amides is 1. The van der Waals surface area contributed by atoms with Crippen LogP contribution in [0.2, 0.25) is 0 Å². The molecule has 0 bridgehead atoms. The standard InChI is InChI=1S/C13H11FN2O3/c14-10-4-2-1-3-9(10)12-5-11(15-19-12)13(18)16-6-8(17)7-16/h1-5,8,17H,6-7H2. The van der Waals surface area contributed by atoms with Crippen LogP contribution in [0.4, 0.5) is 4.39 Å². The summed E-state index contributed by atoms with van der Waals surface area (Å²) < 4.78 is 18.6. The number of β-amino-alcohol motifs (C(OH)–C–C–N with tert-alkyl or cyclic N) is 1. The average Bonchev–Trinajstić information content (AvgIpc) is 2.84. The predicted octanol–water partition coefficient (Wildman–Crippen LogP) is 1.30. The molecule has 2 heterocycles. The van der Waals surface area contributed by atoms with Crippen LogP contribution in [0.1, 0.15) is 10.5 Å². The Kier molecular flexibility index (Phi) is 2.79. The molecule has 1 fully saturated rings. The molecule has 1 aromatic carbocycles. The molecule has 1 aliphatic heterocycles. The van der Waals surface area contributed by atoms with E-state index in [-0.39, 0.29) is 22.9 Å². The van der Waals surface area contributed by atoms with Gasteiger partial charge in [0.2, 0.25) is 0 Å². The van der Waals surface area contributed by atoms with Gasteiger partial charge < -0.3 is 14.5 Å². The number of rotatable bonds is 2. The Morgan fingerprint density at radius 2 is 2.16 bits per heavy atom. The highest BCUT2D eigenvalue weighted by Gasteiger charge is 2.31. The number of aromatic nitrogens is 1. The molecule has 0 radical (unpaired) electrons. The van der Waals surface area contributed by atoms with Crippen molar-refractivity contribution in [2.75, 3.05) is 13.1 Å². The van der Waals surface area contributed by atoms with E-state index < -0.39 is 11.9 Å². The van der Waals surface area contributed by atoms with Crippen LogP contribution in [0.25, 0.3) is 11.3 Å². The molecule has 98 valence electrons. The van der Waals surface area contributed by atoms with Gasteiger partial charge in [-0.25, -0.2) is 4.39 Å². The smallest absolute Gasteiger partial charge is 0.276 e. The largest absolute Gasteiger partial charge is 0.389 e. The summed E-state index contributed by atoms with van der Waals surface area (Å²) in [5.74, 6) is -0.545. The zero-order valence-corrected chi connectivity index (χ0v) is 9.91. The maximum absolute atomic E-state index is 13.6. The summed E-state index contributed by atoms with van der Waals surface area (Å²) in [5.41, 5.74) is 0.378. The molecule has 3 rings (SSSR count). The molecule has 1 aliphatic rings. The first-order valence-corrected chi connectivity index (χ1v) is 5.84. The molecule has 0 spiro atoms. The van der Waals surface area contributed by atoms with E-state index in [1.807, 2.05) is 0 Å². The number of halogens is 1. The Labute approximate surface area is 108 Å². The lowest BCUT2D eigenvalue weighted by Gasteiger charge is -2.35. The van der Waals surface area contributed by atoms with Crippen molar-refractivity contribution in [3.8, 4) is 11.3 Å². The fourth-order valence-electron chi connectivity index (χ4n) is 1.95. The third-order valence-electron chi connectivity index (χ3n) is 3.02. The normalized spacial score (nSPS) is 15.4. The molecule has 19 heavy (non-hydrogen) atoms. The minimum Gasteiger partial charge on any atom is -0.389 e. The second-order valence-corrected chi connectivity index (χ2v) is 4.42. The van der Waals surface area contributed by atoms with Gasteiger partial charge in [0.05, 0.1) is 11.7 Å². The summed E-state index contributed by atoms with van der Waals surface area (Å²) in [7, 11) is 0. The average molecular weight is 262 g/mol. The van der Waals surface area contributed by atoms with Crippen LogP contribution in [-0.2, 0) is 0 Å². The molecule has 2 aromatic rings. The monoisotopic (exact) mass is 262 g/mol. The number of carbonyl (C=O) groups excluding carboxylic acids is 1. The molecule has 0 atom stereocenters. The van der Waals surface area contributed by atoms with Crippen LogP contribution in [0, 0.1) is 5.82 Å². The third kappa shape index (κ3) is 2.10. The maximum Gasteiger partial charge on any atom is 0.276 e. The fourth-order valence-corrected chi connectivity index (χ4v) is 1.95. The van der Waals surface area contributed by atoms with Gasteiger partial charge in [-0.05, 0) is 12.1 Å². The van der Waals surface area contributed by atoms with E-state index in [0.29, 0.717) is 13.1 Å². The van der Waals surface area contributed by atoms with Gasteiger partial charge in [-0.3, -0.25) is 4.79 Å². The zero-order chi connectivity index (χ0) is 13.4. The van der Waals surface area contributed by atoms with E-state index in [1.165, 1.54) is 17.0 Å². The number of likely N-dealkylation sites (tertiary alicyclic amines) is 1. The second-order valence-electron chi connectivity index (χ2n) is 4.42. The summed E-state index contributed by atoms with van der Waals surface area (Å²) in [5, 5.41) is 12.8. The topological polar surface area (TPSA) is 66.6 Å². The van der Waals surface area contributed by atoms with Crippen molar-refractivity contribution >= 4 is 5.91 Å². The van der Waals surface area contributed by atoms with Crippen LogP contribution >= 0.6 is 0 Å².